The second kappa shape index (κ2) is 10.9. The number of hydrogen-bond donors (Lipinski definition) is 1. The molecule has 0 aliphatic carbocycles. The Morgan fingerprint density at radius 3 is 2.34 bits per heavy atom. The average Bonchev–Trinajstić information content (AvgIpc) is 3.31. The van der Waals surface area contributed by atoms with Gasteiger partial charge in [-0.1, -0.05) is 30.3 Å². The third-order valence-corrected chi connectivity index (χ3v) is 6.74. The number of amides is 2. The van der Waals surface area contributed by atoms with E-state index in [1.165, 1.54) is 11.1 Å². The first kappa shape index (κ1) is 24.7. The zero-order valence-electron chi connectivity index (χ0n) is 21.1. The maximum Gasteiger partial charge on any atom is 0.238 e. The summed E-state index contributed by atoms with van der Waals surface area (Å²) in [5.41, 5.74) is 6.44. The van der Waals surface area contributed by atoms with Crippen LogP contribution in [0.5, 0.6) is 0 Å². The monoisotopic (exact) mass is 474 g/mol. The van der Waals surface area contributed by atoms with E-state index in [1.54, 1.807) is 6.20 Å². The lowest BCUT2D eigenvalue weighted by Crippen LogP contribution is -2.50. The minimum absolute atomic E-state index is 0.0226. The molecule has 7 heteroatoms. The molecule has 7 nitrogen and oxygen atoms in total. The van der Waals surface area contributed by atoms with Gasteiger partial charge in [-0.15, -0.1) is 0 Å². The molecule has 4 rings (SSSR count). The minimum Gasteiger partial charge on any atom is -0.441 e. The van der Waals surface area contributed by atoms with Gasteiger partial charge in [-0.25, -0.2) is 4.98 Å². The summed E-state index contributed by atoms with van der Waals surface area (Å²) < 4.78 is 5.89. The third kappa shape index (κ3) is 6.17. The first-order valence-electron chi connectivity index (χ1n) is 12.2. The van der Waals surface area contributed by atoms with E-state index in [0.717, 1.165) is 28.1 Å². The third-order valence-electron chi connectivity index (χ3n) is 6.74. The normalized spacial score (nSPS) is 14.2. The highest BCUT2D eigenvalue weighted by atomic mass is 16.4. The highest BCUT2D eigenvalue weighted by molar-refractivity contribution is 5.93. The maximum atomic E-state index is 12.7. The van der Waals surface area contributed by atoms with Gasteiger partial charge >= 0.3 is 0 Å². The van der Waals surface area contributed by atoms with E-state index >= 15 is 0 Å². The summed E-state index contributed by atoms with van der Waals surface area (Å²) in [6.45, 7) is 11.1. The Hall–Kier alpha value is -3.45. The molecular weight excluding hydrogens is 440 g/mol. The second-order valence-corrected chi connectivity index (χ2v) is 9.39. The molecule has 0 atom stereocenters. The maximum absolute atomic E-state index is 12.7. The van der Waals surface area contributed by atoms with Crippen molar-refractivity contribution in [3.8, 4) is 11.3 Å². The average molecular weight is 475 g/mol. The lowest BCUT2D eigenvalue weighted by molar-refractivity contribution is -0.133. The summed E-state index contributed by atoms with van der Waals surface area (Å²) >= 11 is 0. The van der Waals surface area contributed by atoms with Gasteiger partial charge in [-0.3, -0.25) is 14.5 Å². The number of anilines is 1. The number of carbonyl (C=O) groups is 2. The molecule has 1 saturated heterocycles. The molecule has 0 radical (unpaired) electrons. The van der Waals surface area contributed by atoms with Crippen molar-refractivity contribution in [1.29, 1.82) is 0 Å². The number of piperazine rings is 1. The van der Waals surface area contributed by atoms with Crippen LogP contribution >= 0.6 is 0 Å². The van der Waals surface area contributed by atoms with Crippen molar-refractivity contribution in [2.75, 3.05) is 38.0 Å². The minimum atomic E-state index is -0.0226. The smallest absolute Gasteiger partial charge is 0.238 e. The number of oxazole rings is 1. The zero-order chi connectivity index (χ0) is 24.9. The Morgan fingerprint density at radius 2 is 1.66 bits per heavy atom. The molecule has 0 saturated carbocycles. The number of aryl methyl sites for hydroxylation is 5. The van der Waals surface area contributed by atoms with Gasteiger partial charge in [0.2, 0.25) is 11.8 Å². The predicted molar refractivity (Wildman–Crippen MR) is 137 cm³/mol. The van der Waals surface area contributed by atoms with E-state index < -0.39 is 0 Å². The standard InChI is InChI=1S/C28H34N4O3/c1-19-8-9-23(16-22(19)4)24-17-29-26(35-24)10-11-27(34)32-14-12-31(13-15-32)18-25(33)30-28-20(2)6-5-7-21(28)3/h5-9,16-17H,10-15,18H2,1-4H3,(H,30,33). The molecule has 3 aromatic rings. The van der Waals surface area contributed by atoms with Crippen LogP contribution in [0, 0.1) is 27.7 Å². The first-order valence-corrected chi connectivity index (χ1v) is 12.2. The molecule has 0 bridgehead atoms. The molecule has 35 heavy (non-hydrogen) atoms. The quantitative estimate of drug-likeness (QED) is 0.553. The zero-order valence-corrected chi connectivity index (χ0v) is 21.1. The van der Waals surface area contributed by atoms with Gasteiger partial charge in [0.25, 0.3) is 0 Å². The Balaban J connectivity index is 1.22. The van der Waals surface area contributed by atoms with Crippen LogP contribution in [0.15, 0.2) is 47.0 Å². The number of aromatic nitrogens is 1. The van der Waals surface area contributed by atoms with E-state index in [1.807, 2.05) is 43.0 Å². The van der Waals surface area contributed by atoms with E-state index in [4.69, 9.17) is 4.42 Å². The number of hydrogen-bond acceptors (Lipinski definition) is 5. The lowest BCUT2D eigenvalue weighted by atomic mass is 10.1. The number of nitrogens with one attached hydrogen (secondary N) is 1. The molecule has 1 N–H and O–H groups in total. The molecular formula is C28H34N4O3. The van der Waals surface area contributed by atoms with Gasteiger partial charge in [0.05, 0.1) is 12.7 Å². The van der Waals surface area contributed by atoms with Gasteiger partial charge < -0.3 is 14.6 Å². The van der Waals surface area contributed by atoms with Crippen LogP contribution in [-0.2, 0) is 16.0 Å². The Morgan fingerprint density at radius 1 is 0.943 bits per heavy atom. The van der Waals surface area contributed by atoms with Gasteiger partial charge in [0.15, 0.2) is 11.7 Å². The Kier molecular flexibility index (Phi) is 7.66. The second-order valence-electron chi connectivity index (χ2n) is 9.39. The number of carbonyl (C=O) groups excluding carboxylic acids is 2. The molecule has 0 spiro atoms. The molecule has 2 heterocycles. The molecule has 2 amide bonds. The van der Waals surface area contributed by atoms with Gasteiger partial charge in [-0.05, 0) is 56.0 Å². The molecule has 1 fully saturated rings. The number of rotatable bonds is 7. The summed E-state index contributed by atoms with van der Waals surface area (Å²) in [5, 5.41) is 3.04. The first-order chi connectivity index (χ1) is 16.8. The van der Waals surface area contributed by atoms with E-state index in [9.17, 15) is 9.59 Å². The van der Waals surface area contributed by atoms with Crippen LogP contribution in [0.2, 0.25) is 0 Å². The van der Waals surface area contributed by atoms with E-state index in [-0.39, 0.29) is 11.8 Å². The van der Waals surface area contributed by atoms with Crippen LogP contribution in [0.4, 0.5) is 5.69 Å². The molecule has 184 valence electrons. The van der Waals surface area contributed by atoms with Crippen molar-refractivity contribution in [2.45, 2.75) is 40.5 Å². The summed E-state index contributed by atoms with van der Waals surface area (Å²) in [7, 11) is 0. The van der Waals surface area contributed by atoms with Crippen molar-refractivity contribution < 1.29 is 14.0 Å². The number of nitrogens with zero attached hydrogens (tertiary/aromatic N) is 3. The summed E-state index contributed by atoms with van der Waals surface area (Å²) in [6, 6.07) is 12.2. The van der Waals surface area contributed by atoms with E-state index in [2.05, 4.69) is 41.2 Å². The largest absolute Gasteiger partial charge is 0.441 e. The fourth-order valence-electron chi connectivity index (χ4n) is 4.38. The molecule has 1 aromatic heterocycles. The van der Waals surface area contributed by atoms with Crippen LogP contribution < -0.4 is 5.32 Å². The number of benzene rings is 2. The molecule has 2 aromatic carbocycles. The molecule has 1 aliphatic heterocycles. The number of para-hydroxylation sites is 1. The van der Waals surface area contributed by atoms with Crippen molar-refractivity contribution in [1.82, 2.24) is 14.8 Å². The SMILES string of the molecule is Cc1ccc(-c2cnc(CCC(=O)N3CCN(CC(=O)Nc4c(C)cccc4C)CC3)o2)cc1C. The lowest BCUT2D eigenvalue weighted by Gasteiger charge is -2.34. The summed E-state index contributed by atoms with van der Waals surface area (Å²) in [5.74, 6) is 1.37. The molecule has 0 unspecified atom stereocenters. The van der Waals surface area contributed by atoms with Crippen LogP contribution in [-0.4, -0.2) is 59.3 Å². The van der Waals surface area contributed by atoms with Gasteiger partial charge in [-0.2, -0.15) is 0 Å². The topological polar surface area (TPSA) is 78.7 Å². The fourth-order valence-corrected chi connectivity index (χ4v) is 4.38. The Bertz CT molecular complexity index is 1190. The summed E-state index contributed by atoms with van der Waals surface area (Å²) in [4.78, 5) is 33.6. The Labute approximate surface area is 207 Å². The van der Waals surface area contributed by atoms with Crippen molar-refractivity contribution in [3.05, 3.63) is 70.7 Å². The highest BCUT2D eigenvalue weighted by Crippen LogP contribution is 2.24. The van der Waals surface area contributed by atoms with Crippen LogP contribution in [0.1, 0.15) is 34.6 Å². The highest BCUT2D eigenvalue weighted by Gasteiger charge is 2.23. The van der Waals surface area contributed by atoms with Crippen molar-refractivity contribution >= 4 is 17.5 Å². The van der Waals surface area contributed by atoms with E-state index in [0.29, 0.717) is 51.5 Å². The van der Waals surface area contributed by atoms with Crippen LogP contribution in [0.3, 0.4) is 0 Å². The predicted octanol–water partition coefficient (Wildman–Crippen LogP) is 4.29. The molecule has 1 aliphatic rings. The van der Waals surface area contributed by atoms with Gasteiger partial charge in [0, 0.05) is 50.3 Å². The summed E-state index contributed by atoms with van der Waals surface area (Å²) in [6.07, 6.45) is 2.56. The fraction of sp³-hybridized carbons (Fsp3) is 0.393. The van der Waals surface area contributed by atoms with Crippen molar-refractivity contribution in [3.63, 3.8) is 0 Å². The van der Waals surface area contributed by atoms with Crippen LogP contribution in [0.25, 0.3) is 11.3 Å². The van der Waals surface area contributed by atoms with Gasteiger partial charge in [0.1, 0.15) is 0 Å². The van der Waals surface area contributed by atoms with Crippen molar-refractivity contribution in [2.24, 2.45) is 0 Å².